The lowest BCUT2D eigenvalue weighted by Gasteiger charge is -2.39. The molecule has 3 atom stereocenters. The number of thiazole rings is 1. The van der Waals surface area contributed by atoms with Gasteiger partial charge in [0.1, 0.15) is 5.82 Å². The number of nitrogens with zero attached hydrogens (tertiary/aromatic N) is 2. The predicted octanol–water partition coefficient (Wildman–Crippen LogP) is 6.40. The van der Waals surface area contributed by atoms with Gasteiger partial charge in [-0.2, -0.15) is 0 Å². The lowest BCUT2D eigenvalue weighted by Crippen LogP contribution is -2.43. The Morgan fingerprint density at radius 3 is 2.75 bits per heavy atom. The van der Waals surface area contributed by atoms with Crippen LogP contribution in [0.3, 0.4) is 0 Å². The van der Waals surface area contributed by atoms with E-state index in [9.17, 15) is 14.3 Å². The van der Waals surface area contributed by atoms with E-state index in [4.69, 9.17) is 0 Å². The maximum absolute atomic E-state index is 14.2. The van der Waals surface area contributed by atoms with Gasteiger partial charge in [-0.15, -0.1) is 11.3 Å². The standard InChI is InChI=1S/C29H30FN3O2S/c1-18(24-12-6-8-20-7-3-4-11-25(20)24)31-16-22-13-14-33(29-32-27(28(34)35)19(2)36-29)17-26(22)21-9-5-10-23(30)15-21/h3-12,15,18,22,26,31H,13-14,16-17H2,1-2H3,(H,34,35)/t18-,22?,26?/m1/s1. The minimum Gasteiger partial charge on any atom is -0.476 e. The van der Waals surface area contributed by atoms with Crippen LogP contribution in [0.2, 0.25) is 0 Å². The van der Waals surface area contributed by atoms with Crippen molar-refractivity contribution in [2.24, 2.45) is 5.92 Å². The second kappa shape index (κ2) is 10.4. The average Bonchev–Trinajstić information content (AvgIpc) is 3.28. The lowest BCUT2D eigenvalue weighted by molar-refractivity contribution is 0.0690. The predicted molar refractivity (Wildman–Crippen MR) is 144 cm³/mol. The first-order valence-corrected chi connectivity index (χ1v) is 13.1. The van der Waals surface area contributed by atoms with Crippen LogP contribution in [0.15, 0.2) is 66.7 Å². The monoisotopic (exact) mass is 503 g/mol. The molecule has 1 fully saturated rings. The Bertz CT molecular complexity index is 1380. The van der Waals surface area contributed by atoms with Crippen molar-refractivity contribution in [3.8, 4) is 0 Å². The van der Waals surface area contributed by atoms with Crippen molar-refractivity contribution in [1.82, 2.24) is 10.3 Å². The highest BCUT2D eigenvalue weighted by atomic mass is 32.1. The fourth-order valence-corrected chi connectivity index (χ4v) is 6.25. The molecule has 1 aromatic heterocycles. The summed E-state index contributed by atoms with van der Waals surface area (Å²) in [6.07, 6.45) is 0.900. The van der Waals surface area contributed by atoms with Crippen LogP contribution < -0.4 is 10.2 Å². The van der Waals surface area contributed by atoms with Crippen molar-refractivity contribution < 1.29 is 14.3 Å². The molecule has 5 rings (SSSR count). The molecule has 4 aromatic rings. The molecule has 186 valence electrons. The van der Waals surface area contributed by atoms with Gasteiger partial charge in [0, 0.05) is 29.9 Å². The molecule has 36 heavy (non-hydrogen) atoms. The first-order valence-electron chi connectivity index (χ1n) is 12.3. The average molecular weight is 504 g/mol. The number of halogens is 1. The SMILES string of the molecule is Cc1sc(N2CCC(CN[C@H](C)c3cccc4ccccc34)C(c3cccc(F)c3)C2)nc1C(=O)O. The number of aryl methyl sites for hydroxylation is 1. The number of rotatable bonds is 7. The van der Waals surface area contributed by atoms with Gasteiger partial charge in [0.15, 0.2) is 10.8 Å². The Morgan fingerprint density at radius 2 is 1.97 bits per heavy atom. The highest BCUT2D eigenvalue weighted by Gasteiger charge is 2.33. The maximum atomic E-state index is 14.2. The lowest BCUT2D eigenvalue weighted by atomic mass is 9.80. The molecule has 0 bridgehead atoms. The molecule has 0 saturated carbocycles. The summed E-state index contributed by atoms with van der Waals surface area (Å²) in [5, 5.41) is 16.4. The summed E-state index contributed by atoms with van der Waals surface area (Å²) in [5.41, 5.74) is 2.35. The topological polar surface area (TPSA) is 65.5 Å². The molecule has 1 aliphatic rings. The minimum absolute atomic E-state index is 0.0964. The van der Waals surface area contributed by atoms with E-state index in [-0.39, 0.29) is 23.5 Å². The number of carboxylic acid groups (broad SMARTS) is 1. The van der Waals surface area contributed by atoms with Crippen molar-refractivity contribution in [2.75, 3.05) is 24.5 Å². The van der Waals surface area contributed by atoms with Gasteiger partial charge in [0.25, 0.3) is 0 Å². The number of piperidine rings is 1. The highest BCUT2D eigenvalue weighted by Crippen LogP contribution is 2.37. The zero-order valence-corrected chi connectivity index (χ0v) is 21.3. The third-order valence-corrected chi connectivity index (χ3v) is 8.30. The number of hydrogen-bond acceptors (Lipinski definition) is 5. The Hall–Kier alpha value is -3.29. The van der Waals surface area contributed by atoms with Gasteiger partial charge in [-0.1, -0.05) is 54.6 Å². The van der Waals surface area contributed by atoms with Gasteiger partial charge in [0.05, 0.1) is 0 Å². The number of nitrogens with one attached hydrogen (secondary N) is 1. The number of carbonyl (C=O) groups is 1. The molecule has 5 nitrogen and oxygen atoms in total. The molecule has 7 heteroatoms. The van der Waals surface area contributed by atoms with Crippen molar-refractivity contribution in [1.29, 1.82) is 0 Å². The zero-order valence-electron chi connectivity index (χ0n) is 20.4. The fraction of sp³-hybridized carbons (Fsp3) is 0.310. The van der Waals surface area contributed by atoms with Gasteiger partial charge in [0.2, 0.25) is 0 Å². The Labute approximate surface area is 214 Å². The first kappa shape index (κ1) is 24.4. The van der Waals surface area contributed by atoms with Crippen molar-refractivity contribution in [2.45, 2.75) is 32.2 Å². The summed E-state index contributed by atoms with van der Waals surface area (Å²) in [5.74, 6) is -0.837. The fourth-order valence-electron chi connectivity index (χ4n) is 5.32. The van der Waals surface area contributed by atoms with E-state index in [2.05, 4.69) is 64.6 Å². The molecule has 0 aliphatic carbocycles. The maximum Gasteiger partial charge on any atom is 0.355 e. The van der Waals surface area contributed by atoms with E-state index in [1.54, 1.807) is 19.1 Å². The van der Waals surface area contributed by atoms with Gasteiger partial charge in [-0.05, 0) is 66.8 Å². The Morgan fingerprint density at radius 1 is 1.19 bits per heavy atom. The summed E-state index contributed by atoms with van der Waals surface area (Å²) in [6.45, 7) is 6.24. The number of hydrogen-bond donors (Lipinski definition) is 2. The Balaban J connectivity index is 1.36. The van der Waals surface area contributed by atoms with E-state index < -0.39 is 5.97 Å². The van der Waals surface area contributed by atoms with Crippen LogP contribution in [0.4, 0.5) is 9.52 Å². The molecule has 0 radical (unpaired) electrons. The number of benzene rings is 3. The molecule has 2 heterocycles. The van der Waals surface area contributed by atoms with Crippen LogP contribution in [0.25, 0.3) is 10.8 Å². The van der Waals surface area contributed by atoms with Crippen LogP contribution in [-0.2, 0) is 0 Å². The minimum atomic E-state index is -1.00. The van der Waals surface area contributed by atoms with Crippen LogP contribution in [0.1, 0.15) is 51.8 Å². The third kappa shape index (κ3) is 4.99. The number of aromatic carboxylic acids is 1. The first-order chi connectivity index (χ1) is 17.4. The quantitative estimate of drug-likeness (QED) is 0.305. The molecule has 2 N–H and O–H groups in total. The molecule has 2 unspecified atom stereocenters. The molecular formula is C29H30FN3O2S. The summed E-state index contributed by atoms with van der Waals surface area (Å²) in [6, 6.07) is 21.9. The van der Waals surface area contributed by atoms with Gasteiger partial charge < -0.3 is 15.3 Å². The van der Waals surface area contributed by atoms with E-state index in [1.807, 2.05) is 6.07 Å². The molecule has 0 amide bonds. The zero-order chi connectivity index (χ0) is 25.2. The summed E-state index contributed by atoms with van der Waals surface area (Å²) >= 11 is 1.41. The number of carboxylic acids is 1. The normalized spacial score (nSPS) is 18.9. The van der Waals surface area contributed by atoms with Crippen LogP contribution in [0.5, 0.6) is 0 Å². The number of aromatic nitrogens is 1. The molecule has 3 aromatic carbocycles. The van der Waals surface area contributed by atoms with Crippen molar-refractivity contribution in [3.05, 3.63) is 94.2 Å². The Kier molecular flexibility index (Phi) is 7.03. The van der Waals surface area contributed by atoms with Crippen LogP contribution >= 0.6 is 11.3 Å². The second-order valence-corrected chi connectivity index (χ2v) is 10.7. The van der Waals surface area contributed by atoms with E-state index in [0.29, 0.717) is 17.3 Å². The molecule has 1 saturated heterocycles. The third-order valence-electron chi connectivity index (χ3n) is 7.27. The molecular weight excluding hydrogens is 473 g/mol. The highest BCUT2D eigenvalue weighted by molar-refractivity contribution is 7.15. The summed E-state index contributed by atoms with van der Waals surface area (Å²) in [4.78, 5) is 18.8. The smallest absolute Gasteiger partial charge is 0.355 e. The van der Waals surface area contributed by atoms with Gasteiger partial charge in [-0.25, -0.2) is 14.2 Å². The van der Waals surface area contributed by atoms with Crippen LogP contribution in [0, 0.1) is 18.7 Å². The number of fused-ring (bicyclic) bond motifs is 1. The molecule has 1 aliphatic heterocycles. The van der Waals surface area contributed by atoms with E-state index >= 15 is 0 Å². The van der Waals surface area contributed by atoms with Gasteiger partial charge >= 0.3 is 5.97 Å². The second-order valence-electron chi connectivity index (χ2n) is 9.56. The van der Waals surface area contributed by atoms with Crippen LogP contribution in [-0.4, -0.2) is 35.7 Å². The molecule has 0 spiro atoms. The van der Waals surface area contributed by atoms with Crippen molar-refractivity contribution in [3.63, 3.8) is 0 Å². The summed E-state index contributed by atoms with van der Waals surface area (Å²) < 4.78 is 14.2. The largest absolute Gasteiger partial charge is 0.476 e. The summed E-state index contributed by atoms with van der Waals surface area (Å²) in [7, 11) is 0. The number of anilines is 1. The van der Waals surface area contributed by atoms with Gasteiger partial charge in [-0.3, -0.25) is 0 Å². The van der Waals surface area contributed by atoms with E-state index in [1.165, 1.54) is 33.7 Å². The van der Waals surface area contributed by atoms with Crippen molar-refractivity contribution >= 4 is 33.2 Å². The van der Waals surface area contributed by atoms with E-state index in [0.717, 1.165) is 30.2 Å².